The van der Waals surface area contributed by atoms with Gasteiger partial charge in [0.25, 0.3) is 5.91 Å². The third-order valence-corrected chi connectivity index (χ3v) is 8.60. The van der Waals surface area contributed by atoms with Crippen molar-refractivity contribution in [2.45, 2.75) is 63.6 Å². The van der Waals surface area contributed by atoms with Crippen LogP contribution in [0.25, 0.3) is 10.8 Å². The van der Waals surface area contributed by atoms with Gasteiger partial charge in [-0.1, -0.05) is 121 Å². The number of aldehydes is 1. The zero-order chi connectivity index (χ0) is 37.4. The second-order valence-electron chi connectivity index (χ2n) is 12.6. The predicted molar refractivity (Wildman–Crippen MR) is 199 cm³/mol. The van der Waals surface area contributed by atoms with Crippen LogP contribution in [0.1, 0.15) is 64.4 Å². The molecule has 0 saturated carbocycles. The highest BCUT2D eigenvalue weighted by atomic mass is 16.5. The van der Waals surface area contributed by atoms with E-state index in [1.54, 1.807) is 18.2 Å². The summed E-state index contributed by atoms with van der Waals surface area (Å²) in [5, 5.41) is 4.77. The van der Waals surface area contributed by atoms with E-state index in [-0.39, 0.29) is 50.9 Å². The van der Waals surface area contributed by atoms with Crippen molar-refractivity contribution in [3.63, 3.8) is 0 Å². The van der Waals surface area contributed by atoms with Gasteiger partial charge in [-0.3, -0.25) is 14.4 Å². The molecule has 0 aliphatic rings. The van der Waals surface area contributed by atoms with E-state index in [9.17, 15) is 24.0 Å². The van der Waals surface area contributed by atoms with Gasteiger partial charge in [0, 0.05) is 24.0 Å². The summed E-state index contributed by atoms with van der Waals surface area (Å²) in [6.07, 6.45) is -1.24. The van der Waals surface area contributed by atoms with E-state index in [0.717, 1.165) is 27.5 Å². The van der Waals surface area contributed by atoms with E-state index in [1.165, 1.54) is 6.07 Å². The smallest absolute Gasteiger partial charge is 0.328 e. The van der Waals surface area contributed by atoms with Gasteiger partial charge >= 0.3 is 11.9 Å². The fourth-order valence-electron chi connectivity index (χ4n) is 5.92. The molecule has 0 heterocycles. The highest BCUT2D eigenvalue weighted by Gasteiger charge is 2.29. The Morgan fingerprint density at radius 2 is 1.36 bits per heavy atom. The Morgan fingerprint density at radius 3 is 2.06 bits per heavy atom. The number of hydrogen-bond donors (Lipinski definition) is 2. The molecule has 5 aromatic carbocycles. The molecular weight excluding hydrogens is 672 g/mol. The molecule has 1 unspecified atom stereocenters. The molecule has 0 bridgehead atoms. The van der Waals surface area contributed by atoms with Gasteiger partial charge in [0.1, 0.15) is 24.9 Å². The molecule has 0 saturated heterocycles. The number of esters is 2. The van der Waals surface area contributed by atoms with Crippen molar-refractivity contribution in [2.24, 2.45) is 5.73 Å². The molecule has 0 spiro atoms. The van der Waals surface area contributed by atoms with Gasteiger partial charge in [0.05, 0.1) is 13.0 Å². The fraction of sp³-hybridized carbons (Fsp3) is 0.233. The number of primary amides is 1. The Labute approximate surface area is 308 Å². The summed E-state index contributed by atoms with van der Waals surface area (Å²) in [5.41, 5.74) is 8.51. The van der Waals surface area contributed by atoms with Crippen molar-refractivity contribution in [2.75, 3.05) is 0 Å². The molecule has 0 aromatic heterocycles. The number of benzene rings is 5. The Hall–Kier alpha value is -6.13. The zero-order valence-electron chi connectivity index (χ0n) is 29.2. The molecule has 10 nitrogen and oxygen atoms in total. The molecule has 5 rings (SSSR count). The third kappa shape index (κ3) is 11.7. The lowest BCUT2D eigenvalue weighted by atomic mass is 10.0. The fourth-order valence-corrected chi connectivity index (χ4v) is 5.92. The Balaban J connectivity index is 1.31. The molecular formula is C43H42N2O8. The van der Waals surface area contributed by atoms with E-state index in [1.807, 2.05) is 103 Å². The van der Waals surface area contributed by atoms with E-state index in [2.05, 4.69) is 5.32 Å². The van der Waals surface area contributed by atoms with Crippen LogP contribution in [-0.2, 0) is 53.0 Å². The quantitative estimate of drug-likeness (QED) is 0.0743. The minimum Gasteiger partial charge on any atom is -0.461 e. The molecule has 0 aliphatic heterocycles. The lowest BCUT2D eigenvalue weighted by Crippen LogP contribution is -2.44. The predicted octanol–water partition coefficient (Wildman–Crippen LogP) is 6.34. The number of amides is 2. The first-order chi connectivity index (χ1) is 25.8. The van der Waals surface area contributed by atoms with Crippen LogP contribution < -0.4 is 11.1 Å². The lowest BCUT2D eigenvalue weighted by Gasteiger charge is -2.23. The molecule has 3 N–H and O–H groups in total. The van der Waals surface area contributed by atoms with E-state index in [4.69, 9.17) is 19.9 Å². The Bertz CT molecular complexity index is 2000. The zero-order valence-corrected chi connectivity index (χ0v) is 29.2. The van der Waals surface area contributed by atoms with Crippen LogP contribution in [0.4, 0.5) is 0 Å². The number of ether oxygens (including phenoxy) is 3. The molecule has 3 atom stereocenters. The van der Waals surface area contributed by atoms with Crippen LogP contribution in [-0.4, -0.2) is 42.2 Å². The molecule has 5 aromatic rings. The van der Waals surface area contributed by atoms with Gasteiger partial charge in [-0.2, -0.15) is 0 Å². The number of hydrogen-bond acceptors (Lipinski definition) is 8. The van der Waals surface area contributed by atoms with Crippen molar-refractivity contribution in [1.29, 1.82) is 0 Å². The van der Waals surface area contributed by atoms with Crippen LogP contribution in [0.2, 0.25) is 0 Å². The highest BCUT2D eigenvalue weighted by Crippen LogP contribution is 2.23. The third-order valence-electron chi connectivity index (χ3n) is 8.60. The monoisotopic (exact) mass is 714 g/mol. The molecule has 0 fully saturated rings. The van der Waals surface area contributed by atoms with E-state index >= 15 is 0 Å². The lowest BCUT2D eigenvalue weighted by molar-refractivity contribution is -0.153. The largest absolute Gasteiger partial charge is 0.461 e. The van der Waals surface area contributed by atoms with E-state index in [0.29, 0.717) is 11.8 Å². The number of nitrogens with two attached hydrogens (primary N) is 1. The van der Waals surface area contributed by atoms with Gasteiger partial charge in [-0.15, -0.1) is 0 Å². The van der Waals surface area contributed by atoms with Crippen molar-refractivity contribution in [3.05, 3.63) is 155 Å². The summed E-state index contributed by atoms with van der Waals surface area (Å²) in [5.74, 6) is -2.57. The van der Waals surface area contributed by atoms with Crippen molar-refractivity contribution >= 4 is 40.8 Å². The maximum Gasteiger partial charge on any atom is 0.328 e. The normalized spacial score (nSPS) is 12.6. The van der Waals surface area contributed by atoms with Gasteiger partial charge < -0.3 is 30.1 Å². The molecule has 53 heavy (non-hydrogen) atoms. The van der Waals surface area contributed by atoms with Gasteiger partial charge in [-0.25, -0.2) is 4.79 Å². The number of nitrogens with one attached hydrogen (secondary N) is 1. The second-order valence-corrected chi connectivity index (χ2v) is 12.6. The summed E-state index contributed by atoms with van der Waals surface area (Å²) >= 11 is 0. The minimum absolute atomic E-state index is 0.0219. The number of carbonyl (C=O) groups is 5. The van der Waals surface area contributed by atoms with Crippen molar-refractivity contribution < 1.29 is 38.2 Å². The summed E-state index contributed by atoms with van der Waals surface area (Å²) in [6.45, 7) is 0.237. The summed E-state index contributed by atoms with van der Waals surface area (Å²) in [4.78, 5) is 64.6. The standard InChI is InChI=1S/C43H42N2O8/c44-40(47)26-35(25-32-22-23-33-16-7-8-17-34(33)24-32)53-43(50)38(20-11-21-41(48)52-29-31-14-5-2-6-15-31)45-42(49)37-19-10-9-18-36(37)39(27-46)51-28-30-12-3-1-4-13-30/h1-10,12-19,22-24,27,35,38-39H,11,20-21,25-26,28-29H2,(H2,44,47)(H,45,49)/t35-,38-,39?/m0/s1. The minimum atomic E-state index is -1.22. The number of carbonyl (C=O) groups excluding carboxylic acids is 5. The maximum atomic E-state index is 13.9. The summed E-state index contributed by atoms with van der Waals surface area (Å²) in [7, 11) is 0. The van der Waals surface area contributed by atoms with Crippen LogP contribution in [0.15, 0.2) is 127 Å². The first-order valence-electron chi connectivity index (χ1n) is 17.5. The molecule has 272 valence electrons. The molecule has 10 heteroatoms. The SMILES string of the molecule is NC(=O)C[C@H](Cc1ccc2ccccc2c1)OC(=O)[C@H](CCCC(=O)OCc1ccccc1)NC(=O)c1ccccc1C(C=O)OCc1ccccc1. The van der Waals surface area contributed by atoms with Crippen LogP contribution in [0, 0.1) is 0 Å². The number of fused-ring (bicyclic) bond motifs is 1. The Morgan fingerprint density at radius 1 is 0.717 bits per heavy atom. The number of rotatable bonds is 19. The molecule has 0 radical (unpaired) electrons. The average Bonchev–Trinajstić information content (AvgIpc) is 3.17. The van der Waals surface area contributed by atoms with Crippen molar-refractivity contribution in [1.82, 2.24) is 5.32 Å². The van der Waals surface area contributed by atoms with Crippen LogP contribution >= 0.6 is 0 Å². The molecule has 2 amide bonds. The van der Waals surface area contributed by atoms with Gasteiger partial charge in [0.15, 0.2) is 6.29 Å². The highest BCUT2D eigenvalue weighted by molar-refractivity contribution is 5.99. The average molecular weight is 715 g/mol. The van der Waals surface area contributed by atoms with Crippen molar-refractivity contribution in [3.8, 4) is 0 Å². The van der Waals surface area contributed by atoms with Gasteiger partial charge in [-0.05, 0) is 46.4 Å². The molecule has 0 aliphatic carbocycles. The van der Waals surface area contributed by atoms with E-state index < -0.39 is 42.0 Å². The first kappa shape index (κ1) is 38.1. The maximum absolute atomic E-state index is 13.9. The second kappa shape index (κ2) is 19.5. The Kier molecular flexibility index (Phi) is 14.0. The van der Waals surface area contributed by atoms with Gasteiger partial charge in [0.2, 0.25) is 5.91 Å². The van der Waals surface area contributed by atoms with Crippen LogP contribution in [0.5, 0.6) is 0 Å². The topological polar surface area (TPSA) is 151 Å². The summed E-state index contributed by atoms with van der Waals surface area (Å²) in [6, 6.07) is 37.4. The first-order valence-corrected chi connectivity index (χ1v) is 17.5. The summed E-state index contributed by atoms with van der Waals surface area (Å²) < 4.78 is 17.2. The van der Waals surface area contributed by atoms with Crippen LogP contribution in [0.3, 0.4) is 0 Å².